The van der Waals surface area contributed by atoms with Crippen molar-refractivity contribution < 1.29 is 14.1 Å². The second kappa shape index (κ2) is 7.07. The highest BCUT2D eigenvalue weighted by Gasteiger charge is 2.17. The minimum atomic E-state index is -0.861. The van der Waals surface area contributed by atoms with E-state index in [1.807, 2.05) is 0 Å². The fourth-order valence-corrected chi connectivity index (χ4v) is 3.65. The summed E-state index contributed by atoms with van der Waals surface area (Å²) in [5.41, 5.74) is 0.149. The van der Waals surface area contributed by atoms with Crippen LogP contribution >= 0.6 is 22.9 Å². The predicted octanol–water partition coefficient (Wildman–Crippen LogP) is 3.78. The molecule has 1 amide bonds. The zero-order valence-electron chi connectivity index (χ0n) is 13.0. The maximum Gasteiger partial charge on any atom is 0.284 e. The number of benzene rings is 2. The monoisotopic (exact) mass is 389 g/mol. The number of hydrogen-bond acceptors (Lipinski definition) is 4. The van der Waals surface area contributed by atoms with Crippen LogP contribution in [-0.2, 0) is 6.54 Å². The number of non-ortho nitro benzene ring substituents is 1. The van der Waals surface area contributed by atoms with Crippen molar-refractivity contribution in [2.45, 2.75) is 6.54 Å². The number of nitro benzene ring substituents is 1. The van der Waals surface area contributed by atoms with Crippen molar-refractivity contribution in [3.8, 4) is 12.3 Å². The average molecular weight is 390 g/mol. The number of carbonyl (C=O) groups is 1. The van der Waals surface area contributed by atoms with Gasteiger partial charge in [-0.15, -0.1) is 6.42 Å². The van der Waals surface area contributed by atoms with Crippen LogP contribution in [0.1, 0.15) is 10.4 Å². The van der Waals surface area contributed by atoms with Gasteiger partial charge in [0.2, 0.25) is 0 Å². The van der Waals surface area contributed by atoms with E-state index in [4.69, 9.17) is 18.0 Å². The topological polar surface area (TPSA) is 77.5 Å². The highest BCUT2D eigenvalue weighted by atomic mass is 35.5. The molecule has 130 valence electrons. The van der Waals surface area contributed by atoms with Crippen LogP contribution in [0.3, 0.4) is 0 Å². The van der Waals surface area contributed by atoms with Crippen molar-refractivity contribution in [2.24, 2.45) is 4.99 Å². The summed E-state index contributed by atoms with van der Waals surface area (Å²) in [6, 6.07) is 8.11. The minimum Gasteiger partial charge on any atom is -0.305 e. The first-order valence-electron chi connectivity index (χ1n) is 7.16. The Labute approximate surface area is 155 Å². The van der Waals surface area contributed by atoms with Gasteiger partial charge in [0.25, 0.3) is 11.6 Å². The number of halogens is 2. The molecular formula is C17H9ClFN3O3S. The Hall–Kier alpha value is -3.02. The third-order valence-electron chi connectivity index (χ3n) is 3.50. The molecule has 2 aromatic carbocycles. The Bertz CT molecular complexity index is 1140. The summed E-state index contributed by atoms with van der Waals surface area (Å²) < 4.78 is 16.0. The highest BCUT2D eigenvalue weighted by Crippen LogP contribution is 2.24. The predicted molar refractivity (Wildman–Crippen MR) is 96.6 cm³/mol. The van der Waals surface area contributed by atoms with Gasteiger partial charge in [-0.1, -0.05) is 34.9 Å². The van der Waals surface area contributed by atoms with Gasteiger partial charge in [0.05, 0.1) is 32.3 Å². The molecule has 0 atom stereocenters. The summed E-state index contributed by atoms with van der Waals surface area (Å²) >= 11 is 6.93. The molecule has 0 saturated heterocycles. The molecule has 26 heavy (non-hydrogen) atoms. The van der Waals surface area contributed by atoms with Crippen LogP contribution in [0.25, 0.3) is 10.2 Å². The molecule has 9 heteroatoms. The summed E-state index contributed by atoms with van der Waals surface area (Å²) in [6.45, 7) is 0.0922. The molecule has 0 saturated carbocycles. The lowest BCUT2D eigenvalue weighted by Crippen LogP contribution is -2.17. The van der Waals surface area contributed by atoms with Crippen LogP contribution in [0.5, 0.6) is 0 Å². The van der Waals surface area contributed by atoms with Crippen molar-refractivity contribution in [3.05, 3.63) is 67.7 Å². The van der Waals surface area contributed by atoms with Crippen LogP contribution in [0, 0.1) is 28.3 Å². The smallest absolute Gasteiger partial charge is 0.284 e. The summed E-state index contributed by atoms with van der Waals surface area (Å²) in [4.78, 5) is 27.0. The molecule has 1 heterocycles. The van der Waals surface area contributed by atoms with E-state index in [1.165, 1.54) is 30.3 Å². The van der Waals surface area contributed by atoms with E-state index in [9.17, 15) is 19.3 Å². The molecule has 0 aliphatic heterocycles. The highest BCUT2D eigenvalue weighted by molar-refractivity contribution is 7.16. The number of hydrogen-bond donors (Lipinski definition) is 0. The van der Waals surface area contributed by atoms with Crippen molar-refractivity contribution in [1.82, 2.24) is 4.57 Å². The molecule has 0 aliphatic carbocycles. The molecule has 0 aliphatic rings. The molecule has 6 nitrogen and oxygen atoms in total. The third kappa shape index (κ3) is 3.22. The van der Waals surface area contributed by atoms with Crippen molar-refractivity contribution >= 4 is 44.7 Å². The number of nitrogens with zero attached hydrogens (tertiary/aromatic N) is 3. The van der Waals surface area contributed by atoms with Gasteiger partial charge in [-0.3, -0.25) is 14.9 Å². The molecule has 1 aromatic heterocycles. The number of amides is 1. The van der Waals surface area contributed by atoms with Crippen LogP contribution < -0.4 is 4.80 Å². The summed E-state index contributed by atoms with van der Waals surface area (Å²) in [7, 11) is 0. The molecule has 0 N–H and O–H groups in total. The maximum atomic E-state index is 13.9. The Kier molecular flexibility index (Phi) is 4.84. The standard InChI is InChI=1S/C17H9ClFN3O3S/c1-2-8-21-13-7-6-10(22(24)25)9-14(13)26-17(21)20-16(23)15-11(18)4-3-5-12(15)19/h1,3-7,9H,8H2. The van der Waals surface area contributed by atoms with Gasteiger partial charge >= 0.3 is 0 Å². The number of rotatable bonds is 3. The van der Waals surface area contributed by atoms with E-state index >= 15 is 0 Å². The number of fused-ring (bicyclic) bond motifs is 1. The van der Waals surface area contributed by atoms with Crippen molar-refractivity contribution in [2.75, 3.05) is 0 Å². The van der Waals surface area contributed by atoms with Gasteiger partial charge in [-0.2, -0.15) is 4.99 Å². The molecule has 3 rings (SSSR count). The lowest BCUT2D eigenvalue weighted by molar-refractivity contribution is -0.384. The van der Waals surface area contributed by atoms with Crippen LogP contribution in [0.15, 0.2) is 41.4 Å². The number of nitro groups is 1. The third-order valence-corrected chi connectivity index (χ3v) is 4.86. The van der Waals surface area contributed by atoms with E-state index in [0.29, 0.717) is 10.2 Å². The number of aromatic nitrogens is 1. The lowest BCUT2D eigenvalue weighted by atomic mass is 10.2. The van der Waals surface area contributed by atoms with Gasteiger partial charge < -0.3 is 4.57 Å². The second-order valence-electron chi connectivity index (χ2n) is 5.10. The Balaban J connectivity index is 2.21. The van der Waals surface area contributed by atoms with Gasteiger partial charge in [0.1, 0.15) is 5.82 Å². The van der Waals surface area contributed by atoms with Crippen LogP contribution in [-0.4, -0.2) is 15.4 Å². The van der Waals surface area contributed by atoms with Gasteiger partial charge in [0.15, 0.2) is 4.80 Å². The number of carbonyl (C=O) groups excluding carboxylic acids is 1. The molecule has 0 bridgehead atoms. The Morgan fingerprint density at radius 1 is 1.42 bits per heavy atom. The molecule has 0 spiro atoms. The van der Waals surface area contributed by atoms with Crippen LogP contribution in [0.2, 0.25) is 5.02 Å². The first-order chi connectivity index (χ1) is 12.4. The summed E-state index contributed by atoms with van der Waals surface area (Å²) in [6.07, 6.45) is 5.37. The van der Waals surface area contributed by atoms with E-state index in [2.05, 4.69) is 10.9 Å². The van der Waals surface area contributed by atoms with Crippen molar-refractivity contribution in [1.29, 1.82) is 0 Å². The van der Waals surface area contributed by atoms with Crippen LogP contribution in [0.4, 0.5) is 10.1 Å². The summed E-state index contributed by atoms with van der Waals surface area (Å²) in [5.74, 6) is 0.793. The number of thiazole rings is 1. The molecule has 0 radical (unpaired) electrons. The fourth-order valence-electron chi connectivity index (χ4n) is 2.35. The van der Waals surface area contributed by atoms with Crippen molar-refractivity contribution in [3.63, 3.8) is 0 Å². The number of terminal acetylenes is 1. The van der Waals surface area contributed by atoms with E-state index in [-0.39, 0.29) is 27.6 Å². The Morgan fingerprint density at radius 3 is 2.85 bits per heavy atom. The largest absolute Gasteiger partial charge is 0.305 e. The van der Waals surface area contributed by atoms with E-state index in [0.717, 1.165) is 17.4 Å². The zero-order chi connectivity index (χ0) is 18.8. The van der Waals surface area contributed by atoms with E-state index < -0.39 is 16.6 Å². The molecule has 0 unspecified atom stereocenters. The average Bonchev–Trinajstić information content (AvgIpc) is 2.91. The minimum absolute atomic E-state index is 0.0565. The van der Waals surface area contributed by atoms with Gasteiger partial charge in [-0.25, -0.2) is 4.39 Å². The zero-order valence-corrected chi connectivity index (χ0v) is 14.6. The van der Waals surface area contributed by atoms with Gasteiger partial charge in [0, 0.05) is 12.1 Å². The molecular weight excluding hydrogens is 381 g/mol. The lowest BCUT2D eigenvalue weighted by Gasteiger charge is -2.01. The molecule has 0 fully saturated rings. The first kappa shape index (κ1) is 17.8. The SMILES string of the molecule is C#CCn1c(=NC(=O)c2c(F)cccc2Cl)sc2cc([N+](=O)[O-])ccc21. The normalized spacial score (nSPS) is 11.5. The second-order valence-corrected chi connectivity index (χ2v) is 6.51. The fraction of sp³-hybridized carbons (Fsp3) is 0.0588. The maximum absolute atomic E-state index is 13.9. The first-order valence-corrected chi connectivity index (χ1v) is 8.36. The molecule has 3 aromatic rings. The van der Waals surface area contributed by atoms with Gasteiger partial charge in [-0.05, 0) is 18.2 Å². The quantitative estimate of drug-likeness (QED) is 0.388. The summed E-state index contributed by atoms with van der Waals surface area (Å²) in [5, 5.41) is 10.9. The van der Waals surface area contributed by atoms with E-state index in [1.54, 1.807) is 4.57 Å². The Morgan fingerprint density at radius 2 is 2.19 bits per heavy atom.